The van der Waals surface area contributed by atoms with Crippen molar-refractivity contribution in [3.8, 4) is 0 Å². The molecule has 1 aromatic rings. The summed E-state index contributed by atoms with van der Waals surface area (Å²) in [6.07, 6.45) is -5.61. The summed E-state index contributed by atoms with van der Waals surface area (Å²) in [4.78, 5) is 0. The lowest BCUT2D eigenvalue weighted by Gasteiger charge is -2.16. The highest BCUT2D eigenvalue weighted by Crippen LogP contribution is 2.22. The molecule has 0 aliphatic carbocycles. The van der Waals surface area contributed by atoms with Crippen molar-refractivity contribution in [1.82, 2.24) is 4.72 Å². The Kier molecular flexibility index (Phi) is 5.55. The number of halogens is 3. The van der Waals surface area contributed by atoms with Crippen molar-refractivity contribution < 1.29 is 21.6 Å². The molecule has 0 aromatic heterocycles. The summed E-state index contributed by atoms with van der Waals surface area (Å²) >= 11 is 0. The van der Waals surface area contributed by atoms with Crippen molar-refractivity contribution in [1.29, 1.82) is 0 Å². The third-order valence-corrected chi connectivity index (χ3v) is 4.05. The second-order valence-corrected chi connectivity index (χ2v) is 6.32. The van der Waals surface area contributed by atoms with E-state index in [-0.39, 0.29) is 12.3 Å². The largest absolute Gasteiger partial charge is 0.390 e. The molecule has 0 aliphatic rings. The number of alkyl halides is 3. The molecule has 0 aliphatic heterocycles. The molecule has 0 radical (unpaired) electrons. The van der Waals surface area contributed by atoms with Gasteiger partial charge in [-0.3, -0.25) is 0 Å². The van der Waals surface area contributed by atoms with Crippen molar-refractivity contribution in [2.75, 3.05) is 0 Å². The summed E-state index contributed by atoms with van der Waals surface area (Å²) in [6.45, 7) is 1.35. The van der Waals surface area contributed by atoms with Gasteiger partial charge in [-0.2, -0.15) is 13.2 Å². The minimum atomic E-state index is -4.41. The number of benzene rings is 1. The third kappa shape index (κ3) is 5.89. The van der Waals surface area contributed by atoms with Gasteiger partial charge in [0, 0.05) is 12.6 Å². The monoisotopic (exact) mass is 310 g/mol. The lowest BCUT2D eigenvalue weighted by atomic mass is 10.1. The van der Waals surface area contributed by atoms with Crippen molar-refractivity contribution in [3.63, 3.8) is 0 Å². The van der Waals surface area contributed by atoms with Crippen LogP contribution < -0.4 is 10.5 Å². The summed E-state index contributed by atoms with van der Waals surface area (Å²) < 4.78 is 62.2. The maximum absolute atomic E-state index is 12.2. The number of rotatable bonds is 6. The number of hydrogen-bond acceptors (Lipinski definition) is 3. The molecule has 114 valence electrons. The first-order valence-corrected chi connectivity index (χ1v) is 7.62. The zero-order valence-corrected chi connectivity index (χ0v) is 11.8. The van der Waals surface area contributed by atoms with E-state index in [4.69, 9.17) is 5.73 Å². The van der Waals surface area contributed by atoms with Crippen LogP contribution in [0.1, 0.15) is 24.5 Å². The normalized spacial score (nSPS) is 14.2. The maximum atomic E-state index is 12.2. The third-order valence-electron chi connectivity index (χ3n) is 2.60. The van der Waals surface area contributed by atoms with Crippen LogP contribution in [-0.2, 0) is 22.3 Å². The van der Waals surface area contributed by atoms with Crippen molar-refractivity contribution in [2.45, 2.75) is 37.9 Å². The number of nitrogens with two attached hydrogens (primary N) is 1. The van der Waals surface area contributed by atoms with E-state index in [9.17, 15) is 21.6 Å². The molecule has 20 heavy (non-hydrogen) atoms. The van der Waals surface area contributed by atoms with Crippen molar-refractivity contribution in [2.24, 2.45) is 5.73 Å². The van der Waals surface area contributed by atoms with E-state index in [1.165, 1.54) is 6.92 Å². The molecule has 0 bridgehead atoms. The molecule has 1 unspecified atom stereocenters. The average molecular weight is 310 g/mol. The minimum Gasteiger partial charge on any atom is -0.326 e. The highest BCUT2D eigenvalue weighted by Gasteiger charge is 2.31. The van der Waals surface area contributed by atoms with Gasteiger partial charge in [-0.05, 0) is 18.1 Å². The molecule has 1 atom stereocenters. The fraction of sp³-hybridized carbons (Fsp3) is 0.500. The van der Waals surface area contributed by atoms with Crippen LogP contribution in [0, 0.1) is 0 Å². The van der Waals surface area contributed by atoms with Gasteiger partial charge in [0.25, 0.3) is 0 Å². The van der Waals surface area contributed by atoms with Crippen LogP contribution in [0.5, 0.6) is 0 Å². The Hall–Kier alpha value is -1.12. The first kappa shape index (κ1) is 16.9. The molecular formula is C12H17F3N2O2S. The van der Waals surface area contributed by atoms with Crippen LogP contribution >= 0.6 is 0 Å². The average Bonchev–Trinajstić information content (AvgIpc) is 2.25. The van der Waals surface area contributed by atoms with E-state index in [1.807, 2.05) is 4.72 Å². The smallest absolute Gasteiger partial charge is 0.326 e. The van der Waals surface area contributed by atoms with Crippen molar-refractivity contribution >= 4 is 10.0 Å². The number of hydrogen-bond donors (Lipinski definition) is 2. The summed E-state index contributed by atoms with van der Waals surface area (Å²) in [7, 11) is -3.84. The molecule has 0 amide bonds. The SMILES string of the molecule is CC(CC(F)(F)F)NS(=O)(=O)Cc1ccccc1CN. The van der Waals surface area contributed by atoms with Gasteiger partial charge in [-0.1, -0.05) is 24.3 Å². The summed E-state index contributed by atoms with van der Waals surface area (Å²) in [5, 5.41) is 0. The highest BCUT2D eigenvalue weighted by atomic mass is 32.2. The fourth-order valence-electron chi connectivity index (χ4n) is 1.84. The van der Waals surface area contributed by atoms with Crippen LogP contribution in [-0.4, -0.2) is 20.6 Å². The predicted octanol–water partition coefficient (Wildman–Crippen LogP) is 1.91. The lowest BCUT2D eigenvalue weighted by Crippen LogP contribution is -2.36. The van der Waals surface area contributed by atoms with Crippen LogP contribution in [0.4, 0.5) is 13.2 Å². The molecular weight excluding hydrogens is 293 g/mol. The Bertz CT molecular complexity index is 544. The second-order valence-electron chi connectivity index (χ2n) is 4.57. The highest BCUT2D eigenvalue weighted by molar-refractivity contribution is 7.88. The van der Waals surface area contributed by atoms with Crippen molar-refractivity contribution in [3.05, 3.63) is 35.4 Å². The van der Waals surface area contributed by atoms with Crippen LogP contribution in [0.25, 0.3) is 0 Å². The molecule has 1 rings (SSSR count). The fourth-order valence-corrected chi connectivity index (χ4v) is 3.31. The van der Waals surface area contributed by atoms with E-state index < -0.39 is 28.7 Å². The van der Waals surface area contributed by atoms with Gasteiger partial charge >= 0.3 is 6.18 Å². The summed E-state index contributed by atoms with van der Waals surface area (Å²) in [5.74, 6) is -0.386. The number of nitrogens with one attached hydrogen (secondary N) is 1. The van der Waals surface area contributed by atoms with Gasteiger partial charge in [-0.15, -0.1) is 0 Å². The molecule has 0 heterocycles. The topological polar surface area (TPSA) is 72.2 Å². The molecule has 0 spiro atoms. The predicted molar refractivity (Wildman–Crippen MR) is 70.2 cm³/mol. The molecule has 1 aromatic carbocycles. The zero-order valence-electron chi connectivity index (χ0n) is 10.9. The zero-order chi connectivity index (χ0) is 15.4. The number of sulfonamides is 1. The van der Waals surface area contributed by atoms with Gasteiger partial charge in [0.15, 0.2) is 0 Å². The molecule has 8 heteroatoms. The molecule has 3 N–H and O–H groups in total. The summed E-state index contributed by atoms with van der Waals surface area (Å²) in [6, 6.07) is 5.45. The quantitative estimate of drug-likeness (QED) is 0.843. The van der Waals surface area contributed by atoms with Crippen LogP contribution in [0.15, 0.2) is 24.3 Å². The second kappa shape index (κ2) is 6.55. The Morgan fingerprint density at radius 1 is 1.25 bits per heavy atom. The van der Waals surface area contributed by atoms with Crippen LogP contribution in [0.3, 0.4) is 0 Å². The van der Waals surface area contributed by atoms with Gasteiger partial charge in [0.1, 0.15) is 0 Å². The Morgan fingerprint density at radius 3 is 2.30 bits per heavy atom. The van der Waals surface area contributed by atoms with Gasteiger partial charge in [0.2, 0.25) is 10.0 Å². The lowest BCUT2D eigenvalue weighted by molar-refractivity contribution is -0.137. The molecule has 4 nitrogen and oxygen atoms in total. The van der Waals surface area contributed by atoms with Gasteiger partial charge < -0.3 is 5.73 Å². The first-order chi connectivity index (χ1) is 9.13. The molecule has 0 saturated carbocycles. The standard InChI is InChI=1S/C12H17F3N2O2S/c1-9(6-12(13,14)15)17-20(18,19)8-11-5-3-2-4-10(11)7-16/h2-5,9,17H,6-8,16H2,1H3. The van der Waals surface area contributed by atoms with E-state index in [0.717, 1.165) is 0 Å². The van der Waals surface area contributed by atoms with Gasteiger partial charge in [-0.25, -0.2) is 13.1 Å². The van der Waals surface area contributed by atoms with Gasteiger partial charge in [0.05, 0.1) is 12.2 Å². The minimum absolute atomic E-state index is 0.170. The van der Waals surface area contributed by atoms with E-state index in [0.29, 0.717) is 11.1 Å². The van der Waals surface area contributed by atoms with E-state index >= 15 is 0 Å². The molecule has 0 fully saturated rings. The van der Waals surface area contributed by atoms with E-state index in [1.54, 1.807) is 24.3 Å². The summed E-state index contributed by atoms with van der Waals surface area (Å²) in [5.41, 5.74) is 6.63. The molecule has 0 saturated heterocycles. The van der Waals surface area contributed by atoms with Crippen LogP contribution in [0.2, 0.25) is 0 Å². The van der Waals surface area contributed by atoms with E-state index in [2.05, 4.69) is 0 Å². The Labute approximate surface area is 116 Å². The first-order valence-electron chi connectivity index (χ1n) is 5.96. The Balaban J connectivity index is 2.75. The Morgan fingerprint density at radius 2 is 1.80 bits per heavy atom. The maximum Gasteiger partial charge on any atom is 0.390 e.